The number of rotatable bonds is 4. The van der Waals surface area contributed by atoms with Crippen LogP contribution in [0.15, 0.2) is 16.5 Å². The Hall–Kier alpha value is -1.33. The van der Waals surface area contributed by atoms with Crippen LogP contribution in [0.3, 0.4) is 0 Å². The summed E-state index contributed by atoms with van der Waals surface area (Å²) < 4.78 is 5.54. The van der Waals surface area contributed by atoms with Crippen molar-refractivity contribution >= 4 is 5.91 Å². The highest BCUT2D eigenvalue weighted by Gasteiger charge is 2.26. The fourth-order valence-electron chi connectivity index (χ4n) is 2.39. The Morgan fingerprint density at radius 1 is 1.37 bits per heavy atom. The highest BCUT2D eigenvalue weighted by molar-refractivity contribution is 5.79. The van der Waals surface area contributed by atoms with Crippen molar-refractivity contribution in [3.63, 3.8) is 0 Å². The van der Waals surface area contributed by atoms with E-state index in [1.165, 1.54) is 0 Å². The van der Waals surface area contributed by atoms with Gasteiger partial charge in [-0.1, -0.05) is 0 Å². The summed E-state index contributed by atoms with van der Waals surface area (Å²) in [4.78, 5) is 16.6. The molecule has 1 fully saturated rings. The third-order valence-corrected chi connectivity index (χ3v) is 3.69. The standard InChI is InChI=1S/C14H23N3O2/c1-11-3-4-13(19-11)9-12(10-15)14(18)17-7-5-16(2)6-8-17/h3-4,12H,5-10,15H2,1-2H3. The molecule has 1 aliphatic heterocycles. The number of hydrogen-bond acceptors (Lipinski definition) is 4. The average Bonchev–Trinajstić information content (AvgIpc) is 2.81. The van der Waals surface area contributed by atoms with Gasteiger partial charge in [-0.25, -0.2) is 0 Å². The Balaban J connectivity index is 1.95. The zero-order valence-electron chi connectivity index (χ0n) is 11.8. The van der Waals surface area contributed by atoms with E-state index >= 15 is 0 Å². The van der Waals surface area contributed by atoms with E-state index in [0.717, 1.165) is 37.7 Å². The maximum atomic E-state index is 12.4. The maximum absolute atomic E-state index is 12.4. The summed E-state index contributed by atoms with van der Waals surface area (Å²) in [6.45, 7) is 5.73. The van der Waals surface area contributed by atoms with Gasteiger partial charge in [-0.05, 0) is 26.1 Å². The molecule has 1 atom stereocenters. The molecule has 5 nitrogen and oxygen atoms in total. The van der Waals surface area contributed by atoms with Crippen molar-refractivity contribution in [3.8, 4) is 0 Å². The molecule has 2 rings (SSSR count). The van der Waals surface area contributed by atoms with Gasteiger partial charge in [0.1, 0.15) is 11.5 Å². The minimum absolute atomic E-state index is 0.157. The smallest absolute Gasteiger partial charge is 0.227 e. The fourth-order valence-corrected chi connectivity index (χ4v) is 2.39. The van der Waals surface area contributed by atoms with Crippen molar-refractivity contribution in [1.29, 1.82) is 0 Å². The molecule has 106 valence electrons. The van der Waals surface area contributed by atoms with Crippen molar-refractivity contribution in [3.05, 3.63) is 23.7 Å². The van der Waals surface area contributed by atoms with E-state index in [1.807, 2.05) is 24.0 Å². The normalized spacial score (nSPS) is 18.6. The minimum atomic E-state index is -0.172. The lowest BCUT2D eigenvalue weighted by Crippen LogP contribution is -2.50. The number of nitrogens with two attached hydrogens (primary N) is 1. The number of aryl methyl sites for hydroxylation is 1. The molecule has 0 saturated carbocycles. The summed E-state index contributed by atoms with van der Waals surface area (Å²) in [5, 5.41) is 0. The number of nitrogens with zero attached hydrogens (tertiary/aromatic N) is 2. The van der Waals surface area contributed by atoms with Crippen LogP contribution >= 0.6 is 0 Å². The van der Waals surface area contributed by atoms with Gasteiger partial charge in [0.25, 0.3) is 0 Å². The summed E-state index contributed by atoms with van der Waals surface area (Å²) in [5.41, 5.74) is 5.76. The maximum Gasteiger partial charge on any atom is 0.227 e. The molecule has 1 unspecified atom stereocenters. The van der Waals surface area contributed by atoms with Crippen molar-refractivity contribution in [2.45, 2.75) is 13.3 Å². The van der Waals surface area contributed by atoms with E-state index in [0.29, 0.717) is 13.0 Å². The predicted octanol–water partition coefficient (Wildman–Crippen LogP) is 0.479. The summed E-state index contributed by atoms with van der Waals surface area (Å²) in [6.07, 6.45) is 0.593. The molecule has 1 aromatic rings. The van der Waals surface area contributed by atoms with E-state index in [9.17, 15) is 4.79 Å². The molecule has 0 spiro atoms. The lowest BCUT2D eigenvalue weighted by Gasteiger charge is -2.34. The molecule has 2 heterocycles. The highest BCUT2D eigenvalue weighted by atomic mass is 16.3. The van der Waals surface area contributed by atoms with Gasteiger partial charge in [0.2, 0.25) is 5.91 Å². The van der Waals surface area contributed by atoms with Gasteiger partial charge >= 0.3 is 0 Å². The number of piperazine rings is 1. The molecule has 1 saturated heterocycles. The highest BCUT2D eigenvalue weighted by Crippen LogP contribution is 2.15. The Labute approximate surface area is 114 Å². The van der Waals surface area contributed by atoms with Crippen LogP contribution in [0.5, 0.6) is 0 Å². The number of carbonyl (C=O) groups is 1. The molecule has 0 aromatic carbocycles. The second-order valence-electron chi connectivity index (χ2n) is 5.28. The molecule has 19 heavy (non-hydrogen) atoms. The van der Waals surface area contributed by atoms with Crippen molar-refractivity contribution in [2.24, 2.45) is 11.7 Å². The largest absolute Gasteiger partial charge is 0.466 e. The summed E-state index contributed by atoms with van der Waals surface area (Å²) in [7, 11) is 2.08. The van der Waals surface area contributed by atoms with Crippen LogP contribution in [0.1, 0.15) is 11.5 Å². The van der Waals surface area contributed by atoms with E-state index in [4.69, 9.17) is 10.2 Å². The number of furan rings is 1. The zero-order valence-corrected chi connectivity index (χ0v) is 11.8. The van der Waals surface area contributed by atoms with E-state index < -0.39 is 0 Å². The average molecular weight is 265 g/mol. The molecular weight excluding hydrogens is 242 g/mol. The topological polar surface area (TPSA) is 62.7 Å². The van der Waals surface area contributed by atoms with Crippen LogP contribution in [0.4, 0.5) is 0 Å². The molecular formula is C14H23N3O2. The van der Waals surface area contributed by atoms with Crippen LogP contribution in [0.25, 0.3) is 0 Å². The lowest BCUT2D eigenvalue weighted by molar-refractivity contribution is -0.136. The van der Waals surface area contributed by atoms with Gasteiger partial charge in [-0.2, -0.15) is 0 Å². The first-order valence-electron chi connectivity index (χ1n) is 6.83. The molecule has 1 aromatic heterocycles. The molecule has 2 N–H and O–H groups in total. The first-order valence-corrected chi connectivity index (χ1v) is 6.83. The third kappa shape index (κ3) is 3.58. The van der Waals surface area contributed by atoms with E-state index in [-0.39, 0.29) is 11.8 Å². The first-order chi connectivity index (χ1) is 9.10. The quantitative estimate of drug-likeness (QED) is 0.860. The Bertz CT molecular complexity index is 422. The van der Waals surface area contributed by atoms with Crippen molar-refractivity contribution in [2.75, 3.05) is 39.8 Å². The SMILES string of the molecule is Cc1ccc(CC(CN)C(=O)N2CCN(C)CC2)o1. The van der Waals surface area contributed by atoms with Gasteiger partial charge in [0, 0.05) is 39.1 Å². The molecule has 0 aliphatic carbocycles. The van der Waals surface area contributed by atoms with Gasteiger partial charge in [0.15, 0.2) is 0 Å². The number of likely N-dealkylation sites (N-methyl/N-ethyl adjacent to an activating group) is 1. The van der Waals surface area contributed by atoms with Gasteiger partial charge in [-0.15, -0.1) is 0 Å². The summed E-state index contributed by atoms with van der Waals surface area (Å²) >= 11 is 0. The minimum Gasteiger partial charge on any atom is -0.466 e. The second kappa shape index (κ2) is 6.21. The molecule has 1 amide bonds. The van der Waals surface area contributed by atoms with Crippen molar-refractivity contribution in [1.82, 2.24) is 9.80 Å². The molecule has 0 radical (unpaired) electrons. The number of carbonyl (C=O) groups excluding carboxylic acids is 1. The number of amides is 1. The zero-order chi connectivity index (χ0) is 13.8. The second-order valence-corrected chi connectivity index (χ2v) is 5.28. The van der Waals surface area contributed by atoms with Crippen molar-refractivity contribution < 1.29 is 9.21 Å². The van der Waals surface area contributed by atoms with Gasteiger partial charge in [0.05, 0.1) is 5.92 Å². The Morgan fingerprint density at radius 2 is 2.05 bits per heavy atom. The van der Waals surface area contributed by atoms with E-state index in [1.54, 1.807) is 0 Å². The summed E-state index contributed by atoms with van der Waals surface area (Å²) in [5.74, 6) is 1.70. The van der Waals surface area contributed by atoms with E-state index in [2.05, 4.69) is 11.9 Å². The monoisotopic (exact) mass is 265 g/mol. The van der Waals surface area contributed by atoms with Gasteiger partial charge < -0.3 is 20.0 Å². The summed E-state index contributed by atoms with van der Waals surface area (Å²) in [6, 6.07) is 3.85. The molecule has 1 aliphatic rings. The van der Waals surface area contributed by atoms with Crippen LogP contribution in [-0.4, -0.2) is 55.5 Å². The van der Waals surface area contributed by atoms with Gasteiger partial charge in [-0.3, -0.25) is 4.79 Å². The first kappa shape index (κ1) is 14.1. The molecule has 0 bridgehead atoms. The van der Waals surface area contributed by atoms with Crippen LogP contribution in [0.2, 0.25) is 0 Å². The van der Waals surface area contributed by atoms with Crippen LogP contribution < -0.4 is 5.73 Å². The Kier molecular flexibility index (Phi) is 4.61. The number of hydrogen-bond donors (Lipinski definition) is 1. The van der Waals surface area contributed by atoms with Crippen LogP contribution in [0, 0.1) is 12.8 Å². The fraction of sp³-hybridized carbons (Fsp3) is 0.643. The van der Waals surface area contributed by atoms with Crippen LogP contribution in [-0.2, 0) is 11.2 Å². The lowest BCUT2D eigenvalue weighted by atomic mass is 10.0. The third-order valence-electron chi connectivity index (χ3n) is 3.69. The molecule has 5 heteroatoms. The predicted molar refractivity (Wildman–Crippen MR) is 73.8 cm³/mol. The Morgan fingerprint density at radius 3 is 2.58 bits per heavy atom.